The molecule has 2 rings (SSSR count). The lowest BCUT2D eigenvalue weighted by Crippen LogP contribution is -2.43. The van der Waals surface area contributed by atoms with Crippen LogP contribution < -0.4 is 10.2 Å². The lowest BCUT2D eigenvalue weighted by Gasteiger charge is -2.29. The molecule has 5 nitrogen and oxygen atoms in total. The van der Waals surface area contributed by atoms with Crippen LogP contribution in [0.2, 0.25) is 5.02 Å². The molecule has 1 saturated heterocycles. The van der Waals surface area contributed by atoms with Gasteiger partial charge in [-0.25, -0.2) is 0 Å². The number of anilines is 1. The predicted molar refractivity (Wildman–Crippen MR) is 70.4 cm³/mol. The summed E-state index contributed by atoms with van der Waals surface area (Å²) in [6.07, 6.45) is 0. The largest absolute Gasteiger partial charge is 0.369 e. The highest BCUT2D eigenvalue weighted by atomic mass is 35.5. The molecule has 1 aromatic carbocycles. The number of nitrogens with one attached hydrogen (secondary N) is 1. The van der Waals surface area contributed by atoms with Crippen LogP contribution in [0.5, 0.6) is 0 Å². The van der Waals surface area contributed by atoms with Crippen molar-refractivity contribution >= 4 is 35.4 Å². The van der Waals surface area contributed by atoms with Crippen molar-refractivity contribution in [2.45, 2.75) is 0 Å². The molecule has 0 saturated carbocycles. The summed E-state index contributed by atoms with van der Waals surface area (Å²) in [5.74, 6) is 0. The third-order valence-electron chi connectivity index (χ3n) is 2.61. The maximum absolute atomic E-state index is 10.7. The van der Waals surface area contributed by atoms with Gasteiger partial charge in [-0.05, 0) is 12.1 Å². The lowest BCUT2D eigenvalue weighted by atomic mass is 10.2. The fraction of sp³-hybridized carbons (Fsp3) is 0.400. The van der Waals surface area contributed by atoms with Gasteiger partial charge in [0.25, 0.3) is 5.69 Å². The van der Waals surface area contributed by atoms with Crippen LogP contribution in [0.1, 0.15) is 0 Å². The highest BCUT2D eigenvalue weighted by Crippen LogP contribution is 2.29. The topological polar surface area (TPSA) is 58.4 Å². The van der Waals surface area contributed by atoms with Gasteiger partial charge in [-0.3, -0.25) is 10.1 Å². The van der Waals surface area contributed by atoms with Crippen LogP contribution in [0, 0.1) is 10.1 Å². The van der Waals surface area contributed by atoms with Crippen molar-refractivity contribution in [1.29, 1.82) is 0 Å². The zero-order valence-electron chi connectivity index (χ0n) is 9.06. The number of nitrogens with zero attached hydrogens (tertiary/aromatic N) is 2. The van der Waals surface area contributed by atoms with E-state index in [2.05, 4.69) is 10.2 Å². The van der Waals surface area contributed by atoms with E-state index in [-0.39, 0.29) is 23.1 Å². The highest BCUT2D eigenvalue weighted by Gasteiger charge is 2.17. The van der Waals surface area contributed by atoms with Gasteiger partial charge >= 0.3 is 0 Å². The van der Waals surface area contributed by atoms with Gasteiger partial charge in [0, 0.05) is 37.9 Å². The monoisotopic (exact) mass is 277 g/mol. The van der Waals surface area contributed by atoms with E-state index in [4.69, 9.17) is 11.6 Å². The molecule has 0 radical (unpaired) electrons. The first-order valence-electron chi connectivity index (χ1n) is 5.08. The maximum atomic E-state index is 10.7. The number of rotatable bonds is 2. The minimum atomic E-state index is -0.450. The smallest absolute Gasteiger partial charge is 0.289 e. The minimum Gasteiger partial charge on any atom is -0.369 e. The van der Waals surface area contributed by atoms with Gasteiger partial charge in [0.1, 0.15) is 5.02 Å². The third kappa shape index (κ3) is 3.21. The Morgan fingerprint density at radius 1 is 1.35 bits per heavy atom. The summed E-state index contributed by atoms with van der Waals surface area (Å²) in [5, 5.41) is 14.2. The van der Waals surface area contributed by atoms with Crippen LogP contribution >= 0.6 is 24.0 Å². The first-order valence-corrected chi connectivity index (χ1v) is 5.46. The van der Waals surface area contributed by atoms with Crippen molar-refractivity contribution in [2.75, 3.05) is 31.1 Å². The second kappa shape index (κ2) is 6.05. The Hall–Kier alpha value is -1.04. The van der Waals surface area contributed by atoms with E-state index in [0.717, 1.165) is 31.9 Å². The zero-order chi connectivity index (χ0) is 11.5. The molecule has 0 aromatic heterocycles. The molecule has 0 amide bonds. The van der Waals surface area contributed by atoms with Gasteiger partial charge in [-0.15, -0.1) is 12.4 Å². The molecular weight excluding hydrogens is 265 g/mol. The number of piperazine rings is 1. The molecule has 0 atom stereocenters. The Morgan fingerprint density at radius 2 is 2.00 bits per heavy atom. The van der Waals surface area contributed by atoms with Crippen LogP contribution in [0.25, 0.3) is 0 Å². The van der Waals surface area contributed by atoms with E-state index < -0.39 is 4.92 Å². The first-order chi connectivity index (χ1) is 7.68. The first kappa shape index (κ1) is 14.0. The van der Waals surface area contributed by atoms with Crippen LogP contribution in [0.15, 0.2) is 18.2 Å². The Balaban J connectivity index is 0.00000144. The molecule has 0 aliphatic carbocycles. The molecule has 1 aliphatic heterocycles. The maximum Gasteiger partial charge on any atom is 0.289 e. The van der Waals surface area contributed by atoms with Crippen LogP contribution in [-0.2, 0) is 0 Å². The number of nitro groups is 1. The summed E-state index contributed by atoms with van der Waals surface area (Å²) in [5.41, 5.74) is 0.829. The minimum absolute atomic E-state index is 0. The van der Waals surface area contributed by atoms with E-state index in [1.165, 1.54) is 6.07 Å². The summed E-state index contributed by atoms with van der Waals surface area (Å²) < 4.78 is 0. The second-order valence-electron chi connectivity index (χ2n) is 3.63. The van der Waals surface area contributed by atoms with Crippen molar-refractivity contribution in [2.24, 2.45) is 0 Å². The zero-order valence-corrected chi connectivity index (χ0v) is 10.6. The number of hydrogen-bond acceptors (Lipinski definition) is 4. The van der Waals surface area contributed by atoms with Gasteiger partial charge in [-0.1, -0.05) is 11.6 Å². The van der Waals surface area contributed by atoms with Gasteiger partial charge in [0.05, 0.1) is 4.92 Å². The van der Waals surface area contributed by atoms with E-state index in [1.807, 2.05) is 6.07 Å². The number of nitro benzene ring substituents is 1. The second-order valence-corrected chi connectivity index (χ2v) is 4.04. The number of benzene rings is 1. The molecule has 1 N–H and O–H groups in total. The van der Waals surface area contributed by atoms with Gasteiger partial charge < -0.3 is 10.2 Å². The molecule has 1 heterocycles. The molecule has 0 bridgehead atoms. The van der Waals surface area contributed by atoms with Crippen LogP contribution in [-0.4, -0.2) is 31.1 Å². The van der Waals surface area contributed by atoms with Crippen LogP contribution in [0.3, 0.4) is 0 Å². The van der Waals surface area contributed by atoms with Gasteiger partial charge in [0.15, 0.2) is 0 Å². The molecule has 0 spiro atoms. The van der Waals surface area contributed by atoms with Gasteiger partial charge in [0.2, 0.25) is 0 Å². The highest BCUT2D eigenvalue weighted by molar-refractivity contribution is 6.32. The normalized spacial score (nSPS) is 15.2. The standard InChI is InChI=1S/C10H12ClN3O2.ClH/c11-9-2-1-8(7-10(9)14(15)16)13-5-3-12-4-6-13;/h1-2,7,12H,3-6H2;1H. The Morgan fingerprint density at radius 3 is 2.59 bits per heavy atom. The van der Waals surface area contributed by atoms with E-state index in [9.17, 15) is 10.1 Å². The summed E-state index contributed by atoms with van der Waals surface area (Å²) in [4.78, 5) is 12.4. The molecule has 1 aliphatic rings. The Kier molecular flexibility index (Phi) is 4.99. The van der Waals surface area contributed by atoms with Crippen molar-refractivity contribution in [3.8, 4) is 0 Å². The Bertz CT molecular complexity index is 409. The van der Waals surface area contributed by atoms with Crippen molar-refractivity contribution < 1.29 is 4.92 Å². The summed E-state index contributed by atoms with van der Waals surface area (Å²) >= 11 is 5.76. The summed E-state index contributed by atoms with van der Waals surface area (Å²) in [7, 11) is 0. The average molecular weight is 278 g/mol. The van der Waals surface area contributed by atoms with Crippen molar-refractivity contribution in [1.82, 2.24) is 5.32 Å². The Labute approximate surface area is 110 Å². The van der Waals surface area contributed by atoms with Crippen LogP contribution in [0.4, 0.5) is 11.4 Å². The van der Waals surface area contributed by atoms with E-state index >= 15 is 0 Å². The van der Waals surface area contributed by atoms with E-state index in [1.54, 1.807) is 6.07 Å². The SMILES string of the molecule is Cl.O=[N+]([O-])c1cc(N2CCNCC2)ccc1Cl. The van der Waals surface area contributed by atoms with Gasteiger partial charge in [-0.2, -0.15) is 0 Å². The molecule has 94 valence electrons. The molecule has 0 unspecified atom stereocenters. The molecule has 7 heteroatoms. The summed E-state index contributed by atoms with van der Waals surface area (Å²) in [6, 6.07) is 4.94. The molecule has 17 heavy (non-hydrogen) atoms. The summed E-state index contributed by atoms with van der Waals surface area (Å²) in [6.45, 7) is 3.52. The average Bonchev–Trinajstić information content (AvgIpc) is 2.30. The third-order valence-corrected chi connectivity index (χ3v) is 2.93. The molecular formula is C10H13Cl2N3O2. The van der Waals surface area contributed by atoms with Crippen molar-refractivity contribution in [3.63, 3.8) is 0 Å². The van der Waals surface area contributed by atoms with Crippen molar-refractivity contribution in [3.05, 3.63) is 33.3 Å². The van der Waals surface area contributed by atoms with E-state index in [0.29, 0.717) is 0 Å². The quantitative estimate of drug-likeness (QED) is 0.664. The number of hydrogen-bond donors (Lipinski definition) is 1. The fourth-order valence-corrected chi connectivity index (χ4v) is 1.95. The fourth-order valence-electron chi connectivity index (χ4n) is 1.76. The number of halogens is 2. The molecule has 1 fully saturated rings. The lowest BCUT2D eigenvalue weighted by molar-refractivity contribution is -0.384. The predicted octanol–water partition coefficient (Wildman–Crippen LogP) is 2.08. The molecule has 1 aromatic rings.